The van der Waals surface area contributed by atoms with E-state index in [0.717, 1.165) is 42.5 Å². The van der Waals surface area contributed by atoms with Gasteiger partial charge in [-0.2, -0.15) is 5.10 Å². The number of aromatic nitrogens is 2. The third-order valence-corrected chi connectivity index (χ3v) is 2.97. The van der Waals surface area contributed by atoms with E-state index in [2.05, 4.69) is 36.3 Å². The molecule has 5 heteroatoms. The monoisotopic (exact) mass is 244 g/mol. The number of nitrogens with one attached hydrogen (secondary N) is 1. The van der Waals surface area contributed by atoms with E-state index >= 15 is 0 Å². The quantitative estimate of drug-likeness (QED) is 0.766. The maximum atomic E-state index is 6.24. The van der Waals surface area contributed by atoms with Gasteiger partial charge in [0.25, 0.3) is 0 Å². The Hall–Kier alpha value is -0.580. The van der Waals surface area contributed by atoms with Crippen molar-refractivity contribution in [2.24, 2.45) is 7.05 Å². The fourth-order valence-electron chi connectivity index (χ4n) is 1.52. The summed E-state index contributed by atoms with van der Waals surface area (Å²) in [7, 11) is 6.07. The summed E-state index contributed by atoms with van der Waals surface area (Å²) >= 11 is 6.24. The van der Waals surface area contributed by atoms with Gasteiger partial charge in [0, 0.05) is 26.7 Å². The van der Waals surface area contributed by atoms with Crippen LogP contribution in [0, 0.1) is 0 Å². The SMILES string of the molecule is CCc1nn(C)c(CNCCN(C)C)c1Cl. The molecule has 0 radical (unpaired) electrons. The lowest BCUT2D eigenvalue weighted by atomic mass is 10.3. The molecule has 16 heavy (non-hydrogen) atoms. The normalized spacial score (nSPS) is 11.4. The van der Waals surface area contributed by atoms with Gasteiger partial charge in [-0.3, -0.25) is 4.68 Å². The molecular formula is C11H21ClN4. The summed E-state index contributed by atoms with van der Waals surface area (Å²) in [4.78, 5) is 2.15. The predicted octanol–water partition coefficient (Wildman–Crippen LogP) is 1.29. The van der Waals surface area contributed by atoms with Crippen LogP contribution < -0.4 is 5.32 Å². The first kappa shape index (κ1) is 13.5. The first-order valence-corrected chi connectivity index (χ1v) is 5.99. The first-order chi connectivity index (χ1) is 7.56. The van der Waals surface area contributed by atoms with Crippen LogP contribution in [0.3, 0.4) is 0 Å². The molecule has 1 rings (SSSR count). The highest BCUT2D eigenvalue weighted by molar-refractivity contribution is 6.31. The Balaban J connectivity index is 2.50. The number of aryl methyl sites for hydroxylation is 2. The Kier molecular flexibility index (Phi) is 5.25. The summed E-state index contributed by atoms with van der Waals surface area (Å²) < 4.78 is 1.86. The molecule has 0 fully saturated rings. The summed E-state index contributed by atoms with van der Waals surface area (Å²) in [6.07, 6.45) is 0.879. The van der Waals surface area contributed by atoms with Gasteiger partial charge < -0.3 is 10.2 Å². The van der Waals surface area contributed by atoms with Gasteiger partial charge in [0.1, 0.15) is 0 Å². The highest BCUT2D eigenvalue weighted by Crippen LogP contribution is 2.20. The van der Waals surface area contributed by atoms with Crippen LogP contribution in [0.25, 0.3) is 0 Å². The third-order valence-electron chi connectivity index (χ3n) is 2.53. The lowest BCUT2D eigenvalue weighted by Gasteiger charge is -2.10. The first-order valence-electron chi connectivity index (χ1n) is 5.62. The topological polar surface area (TPSA) is 33.1 Å². The molecule has 0 aromatic carbocycles. The predicted molar refractivity (Wildman–Crippen MR) is 67.9 cm³/mol. The molecule has 1 aromatic heterocycles. The van der Waals surface area contributed by atoms with E-state index in [1.54, 1.807) is 0 Å². The Labute approximate surface area is 103 Å². The van der Waals surface area contributed by atoms with Gasteiger partial charge in [0.2, 0.25) is 0 Å². The van der Waals surface area contributed by atoms with Gasteiger partial charge in [-0.1, -0.05) is 18.5 Å². The van der Waals surface area contributed by atoms with Crippen LogP contribution in [0.5, 0.6) is 0 Å². The Bertz CT molecular complexity index is 333. The van der Waals surface area contributed by atoms with Crippen LogP contribution in [0.4, 0.5) is 0 Å². The molecule has 0 saturated heterocycles. The van der Waals surface area contributed by atoms with Crippen LogP contribution >= 0.6 is 11.6 Å². The fourth-order valence-corrected chi connectivity index (χ4v) is 1.88. The van der Waals surface area contributed by atoms with Crippen LogP contribution in [0.15, 0.2) is 0 Å². The van der Waals surface area contributed by atoms with Gasteiger partial charge in [0.05, 0.1) is 16.4 Å². The maximum absolute atomic E-state index is 6.24. The van der Waals surface area contributed by atoms with E-state index in [4.69, 9.17) is 11.6 Å². The molecule has 92 valence electrons. The number of halogens is 1. The molecule has 1 N–H and O–H groups in total. The Morgan fingerprint density at radius 3 is 2.62 bits per heavy atom. The van der Waals surface area contributed by atoms with Crippen LogP contribution in [-0.4, -0.2) is 41.9 Å². The largest absolute Gasteiger partial charge is 0.310 e. The molecule has 0 aliphatic heterocycles. The maximum Gasteiger partial charge on any atom is 0.0863 e. The fraction of sp³-hybridized carbons (Fsp3) is 0.727. The van der Waals surface area contributed by atoms with Gasteiger partial charge in [-0.25, -0.2) is 0 Å². The second-order valence-electron chi connectivity index (χ2n) is 4.16. The van der Waals surface area contributed by atoms with Gasteiger partial charge in [-0.05, 0) is 20.5 Å². The highest BCUT2D eigenvalue weighted by Gasteiger charge is 2.11. The number of nitrogens with zero attached hydrogens (tertiary/aromatic N) is 3. The summed E-state index contributed by atoms with van der Waals surface area (Å²) in [5, 5.41) is 8.55. The second kappa shape index (κ2) is 6.23. The zero-order valence-corrected chi connectivity index (χ0v) is 11.3. The highest BCUT2D eigenvalue weighted by atomic mass is 35.5. The molecular weight excluding hydrogens is 224 g/mol. The Morgan fingerprint density at radius 2 is 2.12 bits per heavy atom. The lowest BCUT2D eigenvalue weighted by molar-refractivity contribution is 0.398. The lowest BCUT2D eigenvalue weighted by Crippen LogP contribution is -2.26. The minimum absolute atomic E-state index is 0.774. The third kappa shape index (κ3) is 3.47. The van der Waals surface area contributed by atoms with Crippen molar-refractivity contribution < 1.29 is 0 Å². The summed E-state index contributed by atoms with van der Waals surface area (Å²) in [5.41, 5.74) is 2.05. The van der Waals surface area contributed by atoms with E-state index in [0.29, 0.717) is 0 Å². The summed E-state index contributed by atoms with van der Waals surface area (Å²) in [5.74, 6) is 0. The molecule has 1 heterocycles. The van der Waals surface area contributed by atoms with Crippen molar-refractivity contribution in [3.8, 4) is 0 Å². The molecule has 0 saturated carbocycles. The molecule has 0 atom stereocenters. The van der Waals surface area contributed by atoms with E-state index in [9.17, 15) is 0 Å². The average molecular weight is 245 g/mol. The standard InChI is InChI=1S/C11H21ClN4/c1-5-9-11(12)10(16(4)14-9)8-13-6-7-15(2)3/h13H,5-8H2,1-4H3. The summed E-state index contributed by atoms with van der Waals surface area (Å²) in [6, 6.07) is 0. The minimum Gasteiger partial charge on any atom is -0.310 e. The van der Waals surface area contributed by atoms with Crippen molar-refractivity contribution in [2.75, 3.05) is 27.2 Å². The van der Waals surface area contributed by atoms with Crippen molar-refractivity contribution in [3.05, 3.63) is 16.4 Å². The van der Waals surface area contributed by atoms with E-state index in [1.165, 1.54) is 0 Å². The van der Waals surface area contributed by atoms with Crippen molar-refractivity contribution in [3.63, 3.8) is 0 Å². The zero-order chi connectivity index (χ0) is 12.1. The number of hydrogen-bond acceptors (Lipinski definition) is 3. The molecule has 0 spiro atoms. The molecule has 0 aliphatic carbocycles. The van der Waals surface area contributed by atoms with Gasteiger partial charge in [-0.15, -0.1) is 0 Å². The van der Waals surface area contributed by atoms with Crippen molar-refractivity contribution in [2.45, 2.75) is 19.9 Å². The molecule has 0 bridgehead atoms. The Morgan fingerprint density at radius 1 is 1.44 bits per heavy atom. The minimum atomic E-state index is 0.774. The molecule has 4 nitrogen and oxygen atoms in total. The molecule has 0 aliphatic rings. The van der Waals surface area contributed by atoms with E-state index in [1.807, 2.05) is 11.7 Å². The number of hydrogen-bond donors (Lipinski definition) is 1. The smallest absolute Gasteiger partial charge is 0.0863 e. The molecule has 0 amide bonds. The average Bonchev–Trinajstić information content (AvgIpc) is 2.50. The van der Waals surface area contributed by atoms with Crippen molar-refractivity contribution in [1.82, 2.24) is 20.0 Å². The number of rotatable bonds is 6. The van der Waals surface area contributed by atoms with Gasteiger partial charge in [0.15, 0.2) is 0 Å². The second-order valence-corrected chi connectivity index (χ2v) is 4.54. The molecule has 0 unspecified atom stereocenters. The van der Waals surface area contributed by atoms with Crippen molar-refractivity contribution >= 4 is 11.6 Å². The number of likely N-dealkylation sites (N-methyl/N-ethyl adjacent to an activating group) is 1. The van der Waals surface area contributed by atoms with Gasteiger partial charge >= 0.3 is 0 Å². The van der Waals surface area contributed by atoms with Crippen LogP contribution in [-0.2, 0) is 20.0 Å². The van der Waals surface area contributed by atoms with E-state index < -0.39 is 0 Å². The van der Waals surface area contributed by atoms with Crippen LogP contribution in [0.1, 0.15) is 18.3 Å². The van der Waals surface area contributed by atoms with Crippen LogP contribution in [0.2, 0.25) is 5.02 Å². The zero-order valence-electron chi connectivity index (χ0n) is 10.5. The molecule has 1 aromatic rings. The van der Waals surface area contributed by atoms with Crippen molar-refractivity contribution in [1.29, 1.82) is 0 Å². The summed E-state index contributed by atoms with van der Waals surface area (Å²) in [6.45, 7) is 4.82. The van der Waals surface area contributed by atoms with E-state index in [-0.39, 0.29) is 0 Å².